The van der Waals surface area contributed by atoms with Gasteiger partial charge in [-0.3, -0.25) is 0 Å². The Kier molecular flexibility index (Phi) is 4.78. The van der Waals surface area contributed by atoms with Crippen molar-refractivity contribution >= 4 is 13.3 Å². The largest absolute Gasteiger partial charge is 0.368 e. The molecule has 132 valence electrons. The highest BCUT2D eigenvalue weighted by Crippen LogP contribution is 2.42. The molecule has 0 aromatic heterocycles. The number of ether oxygens (including phenoxy) is 3. The summed E-state index contributed by atoms with van der Waals surface area (Å²) in [6.45, 7) is 6.20. The Labute approximate surface area is 150 Å². The van der Waals surface area contributed by atoms with Gasteiger partial charge in [0.05, 0.1) is 27.4 Å². The van der Waals surface area contributed by atoms with Gasteiger partial charge < -0.3 is 14.2 Å². The van der Waals surface area contributed by atoms with E-state index in [0.717, 1.165) is 6.42 Å². The van der Waals surface area contributed by atoms with Gasteiger partial charge in [-0.25, -0.2) is 0 Å². The van der Waals surface area contributed by atoms with Crippen molar-refractivity contribution in [3.05, 3.63) is 66.2 Å². The maximum atomic E-state index is 6.23. The molecule has 2 saturated heterocycles. The highest BCUT2D eigenvalue weighted by molar-refractivity contribution is 6.91. The molecule has 4 atom stereocenters. The van der Waals surface area contributed by atoms with Crippen molar-refractivity contribution in [2.24, 2.45) is 0 Å². The number of fused-ring (bicyclic) bond motifs is 2. The van der Waals surface area contributed by atoms with Gasteiger partial charge in [-0.05, 0) is 17.5 Å². The highest BCUT2D eigenvalue weighted by Gasteiger charge is 2.50. The molecule has 3 nitrogen and oxygen atoms in total. The van der Waals surface area contributed by atoms with Crippen LogP contribution in [0.3, 0.4) is 0 Å². The van der Waals surface area contributed by atoms with Gasteiger partial charge in [0.2, 0.25) is 0 Å². The number of rotatable bonds is 5. The monoisotopic (exact) mass is 354 g/mol. The van der Waals surface area contributed by atoms with Crippen LogP contribution in [0.2, 0.25) is 18.6 Å². The molecular weight excluding hydrogens is 328 g/mol. The predicted molar refractivity (Wildman–Crippen MR) is 102 cm³/mol. The Balaban J connectivity index is 1.50. The second-order valence-corrected chi connectivity index (χ2v) is 12.4. The van der Waals surface area contributed by atoms with Crippen LogP contribution >= 0.6 is 0 Å². The Morgan fingerprint density at radius 3 is 2.40 bits per heavy atom. The van der Waals surface area contributed by atoms with Crippen LogP contribution in [0.1, 0.15) is 12.0 Å². The summed E-state index contributed by atoms with van der Waals surface area (Å²) < 4.78 is 18.4. The summed E-state index contributed by atoms with van der Waals surface area (Å²) in [6.07, 6.45) is 1.05. The van der Waals surface area contributed by atoms with E-state index in [1.165, 1.54) is 10.8 Å². The molecule has 2 heterocycles. The summed E-state index contributed by atoms with van der Waals surface area (Å²) in [5.74, 6) is 0. The third-order valence-electron chi connectivity index (χ3n) is 5.72. The van der Waals surface area contributed by atoms with E-state index in [4.69, 9.17) is 14.2 Å². The summed E-state index contributed by atoms with van der Waals surface area (Å²) in [6, 6.07) is 21.2. The van der Waals surface area contributed by atoms with Gasteiger partial charge >= 0.3 is 0 Å². The van der Waals surface area contributed by atoms with Crippen LogP contribution in [0.25, 0.3) is 0 Å². The first-order valence-electron chi connectivity index (χ1n) is 9.13. The molecule has 2 bridgehead atoms. The minimum Gasteiger partial charge on any atom is -0.368 e. The van der Waals surface area contributed by atoms with E-state index in [-0.39, 0.29) is 18.5 Å². The van der Waals surface area contributed by atoms with Crippen LogP contribution in [-0.4, -0.2) is 33.2 Å². The molecule has 0 spiro atoms. The molecule has 2 aliphatic heterocycles. The van der Waals surface area contributed by atoms with Crippen molar-refractivity contribution in [1.29, 1.82) is 0 Å². The smallest absolute Gasteiger partial charge is 0.184 e. The fraction of sp³-hybridized carbons (Fsp3) is 0.429. The lowest BCUT2D eigenvalue weighted by Gasteiger charge is -2.41. The zero-order chi connectivity index (χ0) is 17.3. The predicted octanol–water partition coefficient (Wildman–Crippen LogP) is 3.70. The average Bonchev–Trinajstić information content (AvgIpc) is 3.06. The van der Waals surface area contributed by atoms with E-state index in [1.807, 2.05) is 18.2 Å². The van der Waals surface area contributed by atoms with E-state index in [1.54, 1.807) is 0 Å². The van der Waals surface area contributed by atoms with Crippen LogP contribution in [-0.2, 0) is 20.8 Å². The van der Waals surface area contributed by atoms with Gasteiger partial charge in [-0.2, -0.15) is 0 Å². The van der Waals surface area contributed by atoms with Crippen LogP contribution in [0.4, 0.5) is 0 Å². The number of hydrogen-bond donors (Lipinski definition) is 0. The average molecular weight is 355 g/mol. The Morgan fingerprint density at radius 2 is 1.68 bits per heavy atom. The minimum absolute atomic E-state index is 0.0134. The van der Waals surface area contributed by atoms with Crippen LogP contribution in [0.15, 0.2) is 60.7 Å². The van der Waals surface area contributed by atoms with Gasteiger partial charge in [-0.1, -0.05) is 78.9 Å². The molecule has 0 aliphatic carbocycles. The number of benzene rings is 2. The lowest BCUT2D eigenvalue weighted by atomic mass is 10.1. The molecule has 4 rings (SSSR count). The molecule has 2 aromatic carbocycles. The molecule has 4 heteroatoms. The molecule has 2 aliphatic rings. The molecule has 25 heavy (non-hydrogen) atoms. The first-order valence-corrected chi connectivity index (χ1v) is 12.2. The quantitative estimate of drug-likeness (QED) is 0.766. The van der Waals surface area contributed by atoms with Crippen molar-refractivity contribution in [1.82, 2.24) is 0 Å². The first-order chi connectivity index (χ1) is 12.1. The van der Waals surface area contributed by atoms with E-state index >= 15 is 0 Å². The third-order valence-corrected chi connectivity index (χ3v) is 10.0. The maximum absolute atomic E-state index is 6.23. The lowest BCUT2D eigenvalue weighted by Crippen LogP contribution is -2.54. The second kappa shape index (κ2) is 7.04. The molecule has 2 fully saturated rings. The molecular formula is C21H26O3Si. The van der Waals surface area contributed by atoms with E-state index in [2.05, 4.69) is 55.6 Å². The zero-order valence-electron chi connectivity index (χ0n) is 14.9. The topological polar surface area (TPSA) is 27.7 Å². The third kappa shape index (κ3) is 3.44. The SMILES string of the molecule is C[Si](C)(c1ccccc1)[C@H]1CC(OCc2ccccc2)[C@@H]2OC[C@H]1O2. The molecule has 0 radical (unpaired) electrons. The Hall–Kier alpha value is -1.46. The van der Waals surface area contributed by atoms with Gasteiger partial charge in [0.1, 0.15) is 6.10 Å². The van der Waals surface area contributed by atoms with Crippen molar-refractivity contribution in [2.45, 2.75) is 50.2 Å². The molecule has 1 unspecified atom stereocenters. The molecule has 0 N–H and O–H groups in total. The summed E-state index contributed by atoms with van der Waals surface area (Å²) in [5, 5.41) is 1.48. The standard InChI is InChI=1S/C21H26O3Si/c1-25(2,17-11-7-4-8-12-17)20-13-18(21-23-15-19(20)24-21)22-14-16-9-5-3-6-10-16/h3-12,18-21H,13-15H2,1-2H3/t18?,19-,20+,21-/m1/s1. The fourth-order valence-corrected chi connectivity index (χ4v) is 7.53. The van der Waals surface area contributed by atoms with E-state index < -0.39 is 8.07 Å². The highest BCUT2D eigenvalue weighted by atomic mass is 28.3. The zero-order valence-corrected chi connectivity index (χ0v) is 15.9. The lowest BCUT2D eigenvalue weighted by molar-refractivity contribution is -0.177. The van der Waals surface area contributed by atoms with Crippen molar-refractivity contribution in [3.63, 3.8) is 0 Å². The second-order valence-electron chi connectivity index (χ2n) is 7.64. The summed E-state index contributed by atoms with van der Waals surface area (Å²) in [4.78, 5) is 0. The Bertz CT molecular complexity index is 689. The molecule has 2 aromatic rings. The summed E-state index contributed by atoms with van der Waals surface area (Å²) in [5.41, 5.74) is 1.70. The molecule has 0 saturated carbocycles. The minimum atomic E-state index is -1.67. The fourth-order valence-electron chi connectivity index (χ4n) is 4.12. The van der Waals surface area contributed by atoms with Gasteiger partial charge in [-0.15, -0.1) is 0 Å². The van der Waals surface area contributed by atoms with Crippen LogP contribution in [0, 0.1) is 0 Å². The van der Waals surface area contributed by atoms with Crippen molar-refractivity contribution in [2.75, 3.05) is 6.61 Å². The van der Waals surface area contributed by atoms with E-state index in [0.29, 0.717) is 18.8 Å². The van der Waals surface area contributed by atoms with Gasteiger partial charge in [0, 0.05) is 0 Å². The van der Waals surface area contributed by atoms with Crippen molar-refractivity contribution in [3.8, 4) is 0 Å². The Morgan fingerprint density at radius 1 is 1.00 bits per heavy atom. The van der Waals surface area contributed by atoms with Gasteiger partial charge in [0.25, 0.3) is 0 Å². The summed E-state index contributed by atoms with van der Waals surface area (Å²) >= 11 is 0. The first kappa shape index (κ1) is 17.0. The summed E-state index contributed by atoms with van der Waals surface area (Å²) in [7, 11) is -1.67. The normalized spacial score (nSPS) is 28.9. The number of hydrogen-bond acceptors (Lipinski definition) is 3. The van der Waals surface area contributed by atoms with Crippen molar-refractivity contribution < 1.29 is 14.2 Å². The van der Waals surface area contributed by atoms with Crippen LogP contribution < -0.4 is 5.19 Å². The van der Waals surface area contributed by atoms with Gasteiger partial charge in [0.15, 0.2) is 6.29 Å². The maximum Gasteiger partial charge on any atom is 0.184 e. The molecule has 0 amide bonds. The van der Waals surface area contributed by atoms with E-state index in [9.17, 15) is 0 Å². The van der Waals surface area contributed by atoms with Crippen LogP contribution in [0.5, 0.6) is 0 Å².